The minimum Gasteiger partial charge on any atom is -0.377 e. The summed E-state index contributed by atoms with van der Waals surface area (Å²) in [6.45, 7) is 4.91. The first-order valence-corrected chi connectivity index (χ1v) is 11.5. The van der Waals surface area contributed by atoms with Crippen molar-refractivity contribution < 1.29 is 19.1 Å². The van der Waals surface area contributed by atoms with Crippen molar-refractivity contribution in [2.45, 2.75) is 32.5 Å². The number of hydrogen-bond acceptors (Lipinski definition) is 7. The molecule has 1 saturated heterocycles. The zero-order valence-electron chi connectivity index (χ0n) is 19.8. The standard InChI is InChI=1S/C23H30N8O4/c1-14-13-35-10-9-31(14)21-17-11-30(19(32)7-8-26-22(24)33)12-18(17)28-20(29-21)15-3-5-16(6-4-15)27-23(34)25-2/h3-6,14H,7-13H2,1-2H3,(H3,24,26,33)(H2,25,27,34)/t14-/m0/s1. The highest BCUT2D eigenvalue weighted by molar-refractivity contribution is 5.89. The minimum absolute atomic E-state index is 0.0936. The zero-order chi connectivity index (χ0) is 24.9. The summed E-state index contributed by atoms with van der Waals surface area (Å²) in [5.41, 5.74) is 8.27. The predicted octanol–water partition coefficient (Wildman–Crippen LogP) is 1.02. The first-order chi connectivity index (χ1) is 16.9. The molecule has 5 N–H and O–H groups in total. The number of morpholine rings is 1. The monoisotopic (exact) mass is 482 g/mol. The summed E-state index contributed by atoms with van der Waals surface area (Å²) < 4.78 is 5.61. The van der Waals surface area contributed by atoms with E-state index in [-0.39, 0.29) is 30.9 Å². The first kappa shape index (κ1) is 24.2. The van der Waals surface area contributed by atoms with Gasteiger partial charge in [0.15, 0.2) is 5.82 Å². The smallest absolute Gasteiger partial charge is 0.318 e. The molecule has 35 heavy (non-hydrogen) atoms. The van der Waals surface area contributed by atoms with Gasteiger partial charge in [0, 0.05) is 43.4 Å². The Labute approximate surface area is 203 Å². The molecular formula is C23H30N8O4. The van der Waals surface area contributed by atoms with Gasteiger partial charge >= 0.3 is 12.1 Å². The zero-order valence-corrected chi connectivity index (χ0v) is 19.8. The summed E-state index contributed by atoms with van der Waals surface area (Å²) >= 11 is 0. The number of nitrogens with zero attached hydrogens (tertiary/aromatic N) is 4. The summed E-state index contributed by atoms with van der Waals surface area (Å²) in [6.07, 6.45) is 0.153. The predicted molar refractivity (Wildman–Crippen MR) is 130 cm³/mol. The third-order valence-electron chi connectivity index (χ3n) is 6.02. The first-order valence-electron chi connectivity index (χ1n) is 11.5. The molecule has 1 aromatic heterocycles. The van der Waals surface area contributed by atoms with Gasteiger partial charge in [0.05, 0.1) is 38.0 Å². The fourth-order valence-electron chi connectivity index (χ4n) is 4.17. The van der Waals surface area contributed by atoms with Crippen molar-refractivity contribution >= 4 is 29.5 Å². The third-order valence-corrected chi connectivity index (χ3v) is 6.02. The molecule has 0 spiro atoms. The SMILES string of the molecule is CNC(=O)Nc1ccc(-c2nc3c(c(N4CCOC[C@@H]4C)n2)CN(C(=O)CCNC(N)=O)C3)cc1. The van der Waals surface area contributed by atoms with E-state index in [1.807, 2.05) is 12.1 Å². The maximum atomic E-state index is 12.8. The van der Waals surface area contributed by atoms with Crippen LogP contribution in [0.15, 0.2) is 24.3 Å². The Morgan fingerprint density at radius 3 is 2.63 bits per heavy atom. The van der Waals surface area contributed by atoms with Crippen molar-refractivity contribution in [1.29, 1.82) is 0 Å². The van der Waals surface area contributed by atoms with Gasteiger partial charge in [-0.3, -0.25) is 4.79 Å². The molecule has 1 aromatic carbocycles. The molecule has 4 rings (SSSR count). The molecule has 0 bridgehead atoms. The Bertz CT molecular complexity index is 1110. The number of benzene rings is 1. The Hall–Kier alpha value is -3.93. The summed E-state index contributed by atoms with van der Waals surface area (Å²) in [6, 6.07) is 6.46. The van der Waals surface area contributed by atoms with E-state index in [4.69, 9.17) is 20.4 Å². The van der Waals surface area contributed by atoms with Crippen LogP contribution in [0.3, 0.4) is 0 Å². The van der Waals surface area contributed by atoms with Crippen LogP contribution in [0.5, 0.6) is 0 Å². The van der Waals surface area contributed by atoms with E-state index in [0.29, 0.717) is 44.4 Å². The van der Waals surface area contributed by atoms with E-state index in [0.717, 1.165) is 22.6 Å². The lowest BCUT2D eigenvalue weighted by Gasteiger charge is -2.35. The lowest BCUT2D eigenvalue weighted by Crippen LogP contribution is -2.44. The van der Waals surface area contributed by atoms with Crippen molar-refractivity contribution in [1.82, 2.24) is 25.5 Å². The van der Waals surface area contributed by atoms with Crippen LogP contribution in [0.4, 0.5) is 21.1 Å². The van der Waals surface area contributed by atoms with Gasteiger partial charge in [-0.05, 0) is 31.2 Å². The van der Waals surface area contributed by atoms with Crippen LogP contribution in [-0.4, -0.2) is 72.2 Å². The number of ether oxygens (including phenoxy) is 1. The summed E-state index contributed by atoms with van der Waals surface area (Å²) in [5, 5.41) is 7.70. The largest absolute Gasteiger partial charge is 0.377 e. The van der Waals surface area contributed by atoms with Crippen LogP contribution in [0.25, 0.3) is 11.4 Å². The maximum absolute atomic E-state index is 12.8. The number of urea groups is 2. The Kier molecular flexibility index (Phi) is 7.30. The number of anilines is 2. The third kappa shape index (κ3) is 5.60. The molecule has 2 aliphatic rings. The van der Waals surface area contributed by atoms with Crippen molar-refractivity contribution in [2.24, 2.45) is 5.73 Å². The number of rotatable bonds is 6. The van der Waals surface area contributed by atoms with E-state index in [1.54, 1.807) is 24.1 Å². The molecule has 0 unspecified atom stereocenters. The highest BCUT2D eigenvalue weighted by Gasteiger charge is 2.32. The number of nitrogens with two attached hydrogens (primary N) is 1. The Morgan fingerprint density at radius 2 is 1.94 bits per heavy atom. The Balaban J connectivity index is 1.62. The van der Waals surface area contributed by atoms with Crippen LogP contribution in [0.1, 0.15) is 24.6 Å². The number of carbonyl (C=O) groups is 3. The number of nitrogens with one attached hydrogen (secondary N) is 3. The van der Waals surface area contributed by atoms with Gasteiger partial charge in [-0.2, -0.15) is 0 Å². The van der Waals surface area contributed by atoms with Gasteiger partial charge in [0.2, 0.25) is 5.91 Å². The topological polar surface area (TPSA) is 155 Å². The van der Waals surface area contributed by atoms with Gasteiger partial charge in [0.1, 0.15) is 5.82 Å². The number of aromatic nitrogens is 2. The van der Waals surface area contributed by atoms with Crippen LogP contribution in [0, 0.1) is 0 Å². The quantitative estimate of drug-likeness (QED) is 0.479. The Morgan fingerprint density at radius 1 is 1.17 bits per heavy atom. The highest BCUT2D eigenvalue weighted by Crippen LogP contribution is 2.33. The molecule has 12 nitrogen and oxygen atoms in total. The molecular weight excluding hydrogens is 452 g/mol. The molecule has 1 atom stereocenters. The van der Waals surface area contributed by atoms with Crippen LogP contribution >= 0.6 is 0 Å². The van der Waals surface area contributed by atoms with Gasteiger partial charge < -0.3 is 36.2 Å². The second kappa shape index (κ2) is 10.6. The van der Waals surface area contributed by atoms with Gasteiger partial charge in [-0.1, -0.05) is 0 Å². The molecule has 186 valence electrons. The summed E-state index contributed by atoms with van der Waals surface area (Å²) in [4.78, 5) is 48.9. The lowest BCUT2D eigenvalue weighted by molar-refractivity contribution is -0.131. The van der Waals surface area contributed by atoms with E-state index >= 15 is 0 Å². The molecule has 0 aliphatic carbocycles. The molecule has 3 heterocycles. The van der Waals surface area contributed by atoms with Crippen LogP contribution < -0.4 is 26.6 Å². The maximum Gasteiger partial charge on any atom is 0.318 e. The van der Waals surface area contributed by atoms with E-state index in [1.165, 1.54) is 0 Å². The average molecular weight is 483 g/mol. The van der Waals surface area contributed by atoms with Gasteiger partial charge in [-0.15, -0.1) is 0 Å². The molecule has 2 aliphatic heterocycles. The second-order valence-corrected chi connectivity index (χ2v) is 8.49. The molecule has 0 saturated carbocycles. The number of hydrogen-bond donors (Lipinski definition) is 4. The second-order valence-electron chi connectivity index (χ2n) is 8.49. The lowest BCUT2D eigenvalue weighted by atomic mass is 10.1. The molecule has 1 fully saturated rings. The summed E-state index contributed by atoms with van der Waals surface area (Å²) in [7, 11) is 1.55. The molecule has 12 heteroatoms. The minimum atomic E-state index is -0.654. The van der Waals surface area contributed by atoms with E-state index in [2.05, 4.69) is 27.8 Å². The van der Waals surface area contributed by atoms with Crippen LogP contribution in [0.2, 0.25) is 0 Å². The highest BCUT2D eigenvalue weighted by atomic mass is 16.5. The van der Waals surface area contributed by atoms with E-state index in [9.17, 15) is 14.4 Å². The van der Waals surface area contributed by atoms with Gasteiger partial charge in [0.25, 0.3) is 0 Å². The normalized spacial score (nSPS) is 17.0. The average Bonchev–Trinajstić information content (AvgIpc) is 3.28. The summed E-state index contributed by atoms with van der Waals surface area (Å²) in [5.74, 6) is 1.26. The fourth-order valence-corrected chi connectivity index (χ4v) is 4.17. The molecule has 5 amide bonds. The van der Waals surface area contributed by atoms with Crippen molar-refractivity contribution in [3.8, 4) is 11.4 Å². The molecule has 0 radical (unpaired) electrons. The number of primary amides is 1. The van der Waals surface area contributed by atoms with Gasteiger partial charge in [-0.25, -0.2) is 19.6 Å². The van der Waals surface area contributed by atoms with E-state index < -0.39 is 6.03 Å². The number of amides is 5. The molecule has 2 aromatic rings. The number of carbonyl (C=O) groups excluding carboxylic acids is 3. The fraction of sp³-hybridized carbons (Fsp3) is 0.435. The number of fused-ring (bicyclic) bond motifs is 1. The van der Waals surface area contributed by atoms with Crippen molar-refractivity contribution in [3.63, 3.8) is 0 Å². The van der Waals surface area contributed by atoms with Crippen LogP contribution in [-0.2, 0) is 22.6 Å². The van der Waals surface area contributed by atoms with Crippen molar-refractivity contribution in [2.75, 3.05) is 43.6 Å². The van der Waals surface area contributed by atoms with Crippen molar-refractivity contribution in [3.05, 3.63) is 35.5 Å².